The van der Waals surface area contributed by atoms with Gasteiger partial charge in [-0.3, -0.25) is 0 Å². The molecule has 0 aromatic heterocycles. The fraction of sp³-hybridized carbons (Fsp3) is 0.538. The Bertz CT molecular complexity index is 351. The molecule has 2 aliphatic carbocycles. The summed E-state index contributed by atoms with van der Waals surface area (Å²) in [4.78, 5) is 0. The summed E-state index contributed by atoms with van der Waals surface area (Å²) < 4.78 is 0. The van der Waals surface area contributed by atoms with Crippen molar-refractivity contribution in [1.29, 1.82) is 0 Å². The minimum absolute atomic E-state index is 0.605. The predicted octanol–water partition coefficient (Wildman–Crippen LogP) is 3.30. The zero-order valence-electron chi connectivity index (χ0n) is 9.35. The van der Waals surface area contributed by atoms with Gasteiger partial charge in [0, 0.05) is 11.6 Å². The summed E-state index contributed by atoms with van der Waals surface area (Å²) in [5, 5.41) is 0. The SMILES string of the molecule is CC(C)=C1CC2=C(N)CCC=C2C1C. The van der Waals surface area contributed by atoms with Crippen LogP contribution in [-0.2, 0) is 0 Å². The molecule has 0 aromatic carbocycles. The summed E-state index contributed by atoms with van der Waals surface area (Å²) in [5.41, 5.74) is 13.2. The number of hydrogen-bond acceptors (Lipinski definition) is 1. The first-order valence-electron chi connectivity index (χ1n) is 5.45. The van der Waals surface area contributed by atoms with Crippen molar-refractivity contribution in [2.75, 3.05) is 0 Å². The van der Waals surface area contributed by atoms with E-state index in [2.05, 4.69) is 26.8 Å². The maximum Gasteiger partial charge on any atom is 0.0122 e. The van der Waals surface area contributed by atoms with E-state index in [0.717, 1.165) is 25.0 Å². The van der Waals surface area contributed by atoms with Gasteiger partial charge in [-0.2, -0.15) is 0 Å². The predicted molar refractivity (Wildman–Crippen MR) is 60.7 cm³/mol. The summed E-state index contributed by atoms with van der Waals surface area (Å²) in [5.74, 6) is 0.605. The van der Waals surface area contributed by atoms with Gasteiger partial charge < -0.3 is 5.73 Å². The zero-order valence-corrected chi connectivity index (χ0v) is 9.35. The Balaban J connectivity index is 2.47. The van der Waals surface area contributed by atoms with Gasteiger partial charge in [0.15, 0.2) is 0 Å². The second kappa shape index (κ2) is 3.30. The van der Waals surface area contributed by atoms with Crippen molar-refractivity contribution in [2.45, 2.75) is 40.0 Å². The first kappa shape index (κ1) is 9.57. The molecule has 1 saturated carbocycles. The second-order valence-electron chi connectivity index (χ2n) is 4.63. The van der Waals surface area contributed by atoms with E-state index in [-0.39, 0.29) is 0 Å². The fourth-order valence-corrected chi connectivity index (χ4v) is 2.64. The van der Waals surface area contributed by atoms with Gasteiger partial charge in [0.25, 0.3) is 0 Å². The van der Waals surface area contributed by atoms with Gasteiger partial charge in [0.05, 0.1) is 0 Å². The van der Waals surface area contributed by atoms with Gasteiger partial charge in [-0.15, -0.1) is 0 Å². The quantitative estimate of drug-likeness (QED) is 0.581. The molecular formula is C13H19N. The summed E-state index contributed by atoms with van der Waals surface area (Å²) >= 11 is 0. The average Bonchev–Trinajstić information content (AvgIpc) is 2.46. The highest BCUT2D eigenvalue weighted by atomic mass is 14.6. The molecule has 0 spiro atoms. The third-order valence-electron chi connectivity index (χ3n) is 3.51. The van der Waals surface area contributed by atoms with Crippen LogP contribution in [0.1, 0.15) is 40.0 Å². The molecule has 0 saturated heterocycles. The maximum atomic E-state index is 6.06. The molecule has 0 aliphatic heterocycles. The normalized spacial score (nSPS) is 26.4. The Hall–Kier alpha value is -0.980. The monoisotopic (exact) mass is 189 g/mol. The number of hydrogen-bond donors (Lipinski definition) is 1. The van der Waals surface area contributed by atoms with Gasteiger partial charge in [-0.05, 0) is 44.3 Å². The smallest absolute Gasteiger partial charge is 0.0122 e. The lowest BCUT2D eigenvalue weighted by atomic mass is 9.93. The van der Waals surface area contributed by atoms with Crippen LogP contribution in [0.2, 0.25) is 0 Å². The number of nitrogens with two attached hydrogens (primary N) is 1. The minimum atomic E-state index is 0.605. The summed E-state index contributed by atoms with van der Waals surface area (Å²) in [7, 11) is 0. The molecule has 2 rings (SSSR count). The molecule has 1 nitrogen and oxygen atoms in total. The van der Waals surface area contributed by atoms with E-state index in [1.165, 1.54) is 16.7 Å². The van der Waals surface area contributed by atoms with E-state index in [1.54, 1.807) is 5.57 Å². The van der Waals surface area contributed by atoms with Gasteiger partial charge in [-0.25, -0.2) is 0 Å². The van der Waals surface area contributed by atoms with E-state index in [0.29, 0.717) is 5.92 Å². The number of fused-ring (bicyclic) bond motifs is 1. The third kappa shape index (κ3) is 1.31. The van der Waals surface area contributed by atoms with Crippen LogP contribution in [0.15, 0.2) is 34.1 Å². The van der Waals surface area contributed by atoms with E-state index in [1.807, 2.05) is 0 Å². The van der Waals surface area contributed by atoms with E-state index in [9.17, 15) is 0 Å². The molecule has 0 heterocycles. The lowest BCUT2D eigenvalue weighted by Gasteiger charge is -2.14. The summed E-state index contributed by atoms with van der Waals surface area (Å²) in [6.45, 7) is 6.72. The topological polar surface area (TPSA) is 26.0 Å². The Morgan fingerprint density at radius 2 is 2.14 bits per heavy atom. The van der Waals surface area contributed by atoms with Gasteiger partial charge in [-0.1, -0.05) is 24.1 Å². The van der Waals surface area contributed by atoms with Gasteiger partial charge in [0.2, 0.25) is 0 Å². The molecule has 1 atom stereocenters. The summed E-state index contributed by atoms with van der Waals surface area (Å²) in [6, 6.07) is 0. The number of allylic oxidation sites excluding steroid dienone is 6. The molecule has 2 aliphatic rings. The van der Waals surface area contributed by atoms with Crippen molar-refractivity contribution >= 4 is 0 Å². The van der Waals surface area contributed by atoms with Crippen molar-refractivity contribution < 1.29 is 0 Å². The molecule has 1 heteroatoms. The van der Waals surface area contributed by atoms with Crippen LogP contribution in [0.3, 0.4) is 0 Å². The lowest BCUT2D eigenvalue weighted by Crippen LogP contribution is -2.06. The van der Waals surface area contributed by atoms with Gasteiger partial charge >= 0.3 is 0 Å². The molecule has 76 valence electrons. The molecule has 0 bridgehead atoms. The Morgan fingerprint density at radius 1 is 1.43 bits per heavy atom. The van der Waals surface area contributed by atoms with E-state index < -0.39 is 0 Å². The van der Waals surface area contributed by atoms with Gasteiger partial charge in [0.1, 0.15) is 0 Å². The summed E-state index contributed by atoms with van der Waals surface area (Å²) in [6.07, 6.45) is 5.67. The molecule has 0 aromatic rings. The Labute approximate surface area is 86.4 Å². The molecule has 14 heavy (non-hydrogen) atoms. The number of rotatable bonds is 0. The standard InChI is InChI=1S/C13H19N/c1-8(2)11-7-12-10(9(11)3)5-4-6-13(12)14/h5,9H,4,6-7,14H2,1-3H3. The van der Waals surface area contributed by atoms with Crippen LogP contribution >= 0.6 is 0 Å². The molecule has 2 N–H and O–H groups in total. The van der Waals surface area contributed by atoms with Crippen molar-refractivity contribution in [3.8, 4) is 0 Å². The highest BCUT2D eigenvalue weighted by molar-refractivity contribution is 5.51. The van der Waals surface area contributed by atoms with Crippen LogP contribution in [0, 0.1) is 5.92 Å². The van der Waals surface area contributed by atoms with Crippen LogP contribution in [-0.4, -0.2) is 0 Å². The Kier molecular flexibility index (Phi) is 2.26. The van der Waals surface area contributed by atoms with Crippen LogP contribution in [0.25, 0.3) is 0 Å². The molecule has 0 amide bonds. The van der Waals surface area contributed by atoms with Crippen molar-refractivity contribution in [3.63, 3.8) is 0 Å². The second-order valence-corrected chi connectivity index (χ2v) is 4.63. The van der Waals surface area contributed by atoms with Crippen LogP contribution < -0.4 is 5.73 Å². The molecule has 1 unspecified atom stereocenters. The average molecular weight is 189 g/mol. The van der Waals surface area contributed by atoms with Crippen molar-refractivity contribution in [2.24, 2.45) is 11.7 Å². The molecule has 1 fully saturated rings. The first-order valence-corrected chi connectivity index (χ1v) is 5.45. The van der Waals surface area contributed by atoms with E-state index in [4.69, 9.17) is 5.73 Å². The minimum Gasteiger partial charge on any atom is -0.402 e. The van der Waals surface area contributed by atoms with Crippen LogP contribution in [0.4, 0.5) is 0 Å². The molecule has 0 radical (unpaired) electrons. The maximum absolute atomic E-state index is 6.06. The molecular weight excluding hydrogens is 170 g/mol. The van der Waals surface area contributed by atoms with Crippen LogP contribution in [0.5, 0.6) is 0 Å². The lowest BCUT2D eigenvalue weighted by molar-refractivity contribution is 0.820. The zero-order chi connectivity index (χ0) is 10.3. The van der Waals surface area contributed by atoms with Crippen molar-refractivity contribution in [3.05, 3.63) is 34.1 Å². The highest BCUT2D eigenvalue weighted by Crippen LogP contribution is 2.44. The van der Waals surface area contributed by atoms with Crippen molar-refractivity contribution in [1.82, 2.24) is 0 Å². The largest absolute Gasteiger partial charge is 0.402 e. The highest BCUT2D eigenvalue weighted by Gasteiger charge is 2.29. The third-order valence-corrected chi connectivity index (χ3v) is 3.51. The Morgan fingerprint density at radius 3 is 2.71 bits per heavy atom. The first-order chi connectivity index (χ1) is 6.61. The fourth-order valence-electron chi connectivity index (χ4n) is 2.64. The van der Waals surface area contributed by atoms with E-state index >= 15 is 0 Å².